The van der Waals surface area contributed by atoms with Gasteiger partial charge in [0, 0.05) is 0 Å². The van der Waals surface area contributed by atoms with Crippen LogP contribution in [-0.2, 0) is 13.9 Å². The van der Waals surface area contributed by atoms with Gasteiger partial charge in [-0.05, 0) is 45.8 Å². The molecule has 1 rings (SSSR count). The number of hydrogen-bond acceptors (Lipinski definition) is 4. The van der Waals surface area contributed by atoms with Gasteiger partial charge >= 0.3 is 0 Å². The molecule has 1 aliphatic rings. The Kier molecular flexibility index (Phi) is 4.85. The Hall–Kier alpha value is 0.0569. The van der Waals surface area contributed by atoms with Crippen LogP contribution in [0.3, 0.4) is 0 Å². The van der Waals surface area contributed by atoms with E-state index in [1.807, 2.05) is 13.8 Å². The van der Waals surface area contributed by atoms with E-state index in [2.05, 4.69) is 33.9 Å². The number of hydrogen-bond donors (Lipinski definition) is 1. The van der Waals surface area contributed by atoms with E-state index in [4.69, 9.17) is 13.9 Å². The summed E-state index contributed by atoms with van der Waals surface area (Å²) in [5, 5.41) is 10.4. The van der Waals surface area contributed by atoms with Crippen molar-refractivity contribution < 1.29 is 19.0 Å². The van der Waals surface area contributed by atoms with Crippen LogP contribution >= 0.6 is 0 Å². The highest BCUT2D eigenvalue weighted by Gasteiger charge is 2.49. The molecule has 0 aromatic heterocycles. The summed E-state index contributed by atoms with van der Waals surface area (Å²) in [7, 11) is -1.82. The van der Waals surface area contributed by atoms with Crippen LogP contribution in [-0.4, -0.2) is 43.6 Å². The van der Waals surface area contributed by atoms with Gasteiger partial charge in [-0.3, -0.25) is 0 Å². The molecule has 0 unspecified atom stereocenters. The molecule has 5 heteroatoms. The summed E-state index contributed by atoms with van der Waals surface area (Å²) >= 11 is 0. The van der Waals surface area contributed by atoms with Gasteiger partial charge in [0.25, 0.3) is 0 Å². The Bertz CT molecular complexity index is 339. The average Bonchev–Trinajstić information content (AvgIpc) is 2.49. The Balaban J connectivity index is 2.76. The lowest BCUT2D eigenvalue weighted by Crippen LogP contribution is -2.48. The zero-order valence-corrected chi connectivity index (χ0v) is 15.5. The lowest BCUT2D eigenvalue weighted by molar-refractivity contribution is -0.165. The van der Waals surface area contributed by atoms with Gasteiger partial charge in [-0.15, -0.1) is 0 Å². The van der Waals surface area contributed by atoms with Gasteiger partial charge in [-0.25, -0.2) is 0 Å². The first-order valence-electron chi connectivity index (χ1n) is 7.38. The van der Waals surface area contributed by atoms with Gasteiger partial charge < -0.3 is 19.0 Å². The molecule has 0 amide bonds. The molecule has 4 nitrogen and oxygen atoms in total. The zero-order valence-electron chi connectivity index (χ0n) is 14.5. The fourth-order valence-electron chi connectivity index (χ4n) is 2.06. The van der Waals surface area contributed by atoms with E-state index in [0.717, 1.165) is 0 Å². The van der Waals surface area contributed by atoms with Crippen LogP contribution in [0.1, 0.15) is 48.5 Å². The molecule has 0 aliphatic carbocycles. The third-order valence-corrected chi connectivity index (χ3v) is 8.80. The smallest absolute Gasteiger partial charge is 0.192 e. The van der Waals surface area contributed by atoms with Crippen LogP contribution in [0, 0.1) is 0 Å². The fourth-order valence-corrected chi connectivity index (χ4v) is 3.08. The van der Waals surface area contributed by atoms with Crippen molar-refractivity contribution in [2.75, 3.05) is 6.61 Å². The maximum atomic E-state index is 10.3. The summed E-state index contributed by atoms with van der Waals surface area (Å²) < 4.78 is 18.0. The Morgan fingerprint density at radius 3 is 2.00 bits per heavy atom. The highest BCUT2D eigenvalue weighted by molar-refractivity contribution is 6.74. The lowest BCUT2D eigenvalue weighted by Gasteiger charge is -2.37. The molecular weight excluding hydrogens is 272 g/mol. The van der Waals surface area contributed by atoms with Gasteiger partial charge in [0.15, 0.2) is 14.1 Å². The summed E-state index contributed by atoms with van der Waals surface area (Å²) in [6.45, 7) is 18.8. The van der Waals surface area contributed by atoms with Crippen LogP contribution in [0.5, 0.6) is 0 Å². The monoisotopic (exact) mass is 304 g/mol. The van der Waals surface area contributed by atoms with E-state index in [-0.39, 0.29) is 17.2 Å². The standard InChI is InChI=1S/C15H32O4Si/c1-13(2,3)20(8,9)17-10-11-12(14(4,5)16)19-15(6,7)18-11/h11-12,16H,10H2,1-9H3/t11-,12+/m0/s1. The van der Waals surface area contributed by atoms with Crippen molar-refractivity contribution in [3.8, 4) is 0 Å². The zero-order chi connectivity index (χ0) is 16.0. The molecule has 1 N–H and O–H groups in total. The molecule has 1 saturated heterocycles. The minimum atomic E-state index is -1.82. The van der Waals surface area contributed by atoms with Gasteiger partial charge in [0.05, 0.1) is 12.2 Å². The number of aliphatic hydroxyl groups is 1. The van der Waals surface area contributed by atoms with Gasteiger partial charge in [0.1, 0.15) is 12.2 Å². The van der Waals surface area contributed by atoms with E-state index < -0.39 is 19.7 Å². The minimum Gasteiger partial charge on any atom is -0.414 e. The van der Waals surface area contributed by atoms with Crippen molar-refractivity contribution in [3.63, 3.8) is 0 Å². The van der Waals surface area contributed by atoms with E-state index in [9.17, 15) is 5.11 Å². The summed E-state index contributed by atoms with van der Waals surface area (Å²) in [6.07, 6.45) is -0.610. The Labute approximate surface area is 124 Å². The van der Waals surface area contributed by atoms with Gasteiger partial charge in [-0.1, -0.05) is 20.8 Å². The summed E-state index contributed by atoms with van der Waals surface area (Å²) in [5.41, 5.74) is -0.949. The van der Waals surface area contributed by atoms with Crippen molar-refractivity contribution >= 4 is 8.32 Å². The largest absolute Gasteiger partial charge is 0.414 e. The second-order valence-corrected chi connectivity index (χ2v) is 13.1. The molecule has 0 spiro atoms. The number of ether oxygens (including phenoxy) is 2. The first-order valence-corrected chi connectivity index (χ1v) is 10.3. The predicted octanol–water partition coefficient (Wildman–Crippen LogP) is 3.30. The summed E-state index contributed by atoms with van der Waals surface area (Å²) in [5.74, 6) is -0.674. The maximum Gasteiger partial charge on any atom is 0.192 e. The normalized spacial score (nSPS) is 27.9. The molecule has 0 radical (unpaired) electrons. The van der Waals surface area contributed by atoms with Crippen molar-refractivity contribution in [1.82, 2.24) is 0 Å². The highest BCUT2D eigenvalue weighted by Crippen LogP contribution is 2.39. The van der Waals surface area contributed by atoms with E-state index in [1.165, 1.54) is 0 Å². The molecule has 0 saturated carbocycles. The van der Waals surface area contributed by atoms with Gasteiger partial charge in [0.2, 0.25) is 0 Å². The van der Waals surface area contributed by atoms with Crippen LogP contribution < -0.4 is 0 Å². The first-order chi connectivity index (χ1) is 8.66. The molecular formula is C15H32O4Si. The van der Waals surface area contributed by atoms with Crippen LogP contribution in [0.25, 0.3) is 0 Å². The second kappa shape index (κ2) is 5.36. The molecule has 120 valence electrons. The third kappa shape index (κ3) is 4.27. The summed E-state index contributed by atoms with van der Waals surface area (Å²) in [4.78, 5) is 0. The first kappa shape index (κ1) is 18.1. The molecule has 1 heterocycles. The van der Waals surface area contributed by atoms with E-state index >= 15 is 0 Å². The second-order valence-electron chi connectivity index (χ2n) is 8.32. The molecule has 20 heavy (non-hydrogen) atoms. The van der Waals surface area contributed by atoms with Crippen LogP contribution in [0.4, 0.5) is 0 Å². The van der Waals surface area contributed by atoms with Crippen molar-refractivity contribution in [2.45, 2.75) is 90.2 Å². The molecule has 0 aromatic carbocycles. The predicted molar refractivity (Wildman–Crippen MR) is 83.3 cm³/mol. The molecule has 0 bridgehead atoms. The highest BCUT2D eigenvalue weighted by atomic mass is 28.4. The third-order valence-electron chi connectivity index (χ3n) is 4.29. The molecule has 1 fully saturated rings. The average molecular weight is 305 g/mol. The van der Waals surface area contributed by atoms with Crippen LogP contribution in [0.15, 0.2) is 0 Å². The van der Waals surface area contributed by atoms with Crippen LogP contribution in [0.2, 0.25) is 18.1 Å². The SMILES string of the molecule is CC1(C)O[C@@H](CO[Si](C)(C)C(C)(C)C)[C@H](C(C)(C)O)O1. The minimum absolute atomic E-state index is 0.159. The molecule has 2 atom stereocenters. The fraction of sp³-hybridized carbons (Fsp3) is 1.00. The van der Waals surface area contributed by atoms with Crippen molar-refractivity contribution in [3.05, 3.63) is 0 Å². The Morgan fingerprint density at radius 2 is 1.60 bits per heavy atom. The van der Waals surface area contributed by atoms with E-state index in [1.54, 1.807) is 13.8 Å². The van der Waals surface area contributed by atoms with Crippen molar-refractivity contribution in [2.24, 2.45) is 0 Å². The van der Waals surface area contributed by atoms with Gasteiger partial charge in [-0.2, -0.15) is 0 Å². The number of rotatable bonds is 4. The summed E-state index contributed by atoms with van der Waals surface area (Å²) in [6, 6.07) is 0. The Morgan fingerprint density at radius 1 is 1.10 bits per heavy atom. The van der Waals surface area contributed by atoms with E-state index in [0.29, 0.717) is 6.61 Å². The van der Waals surface area contributed by atoms with Crippen molar-refractivity contribution in [1.29, 1.82) is 0 Å². The molecule has 0 aromatic rings. The maximum absolute atomic E-state index is 10.3. The topological polar surface area (TPSA) is 47.9 Å². The lowest BCUT2D eigenvalue weighted by atomic mass is 9.97. The molecule has 1 aliphatic heterocycles. The quantitative estimate of drug-likeness (QED) is 0.810.